The number of H-pyrrole nitrogens is 1. The first kappa shape index (κ1) is 14.3. The van der Waals surface area contributed by atoms with E-state index in [0.717, 1.165) is 0 Å². The Labute approximate surface area is 85.3 Å². The molecule has 13 heavy (non-hydrogen) atoms. The molecule has 72 valence electrons. The highest BCUT2D eigenvalue weighted by Gasteiger charge is 1.58. The quantitative estimate of drug-likeness (QED) is 0.681. The SMILES string of the molecule is N.S.c1cc[nH]c1.c1ccncc1. The number of rotatable bonds is 0. The van der Waals surface area contributed by atoms with Gasteiger partial charge in [-0.3, -0.25) is 4.98 Å². The minimum atomic E-state index is 0. The van der Waals surface area contributed by atoms with Gasteiger partial charge in [-0.1, -0.05) is 6.07 Å². The molecule has 0 unspecified atom stereocenters. The lowest BCUT2D eigenvalue weighted by Crippen LogP contribution is -1.58. The lowest BCUT2D eigenvalue weighted by Gasteiger charge is -1.70. The molecule has 0 radical (unpaired) electrons. The Kier molecular flexibility index (Phi) is 11.8. The van der Waals surface area contributed by atoms with E-state index in [0.29, 0.717) is 0 Å². The maximum Gasteiger partial charge on any atom is 0.0267 e. The predicted molar refractivity (Wildman–Crippen MR) is 60.4 cm³/mol. The standard InChI is InChI=1S/C5H5N.C4H5N.H3N.H2S/c1-2-4-6-5-3-1;1-2-4-5-3-1;;/h1-5H;1-5H;1H3;1H2. The lowest BCUT2D eigenvalue weighted by molar-refractivity contribution is 1.33. The van der Waals surface area contributed by atoms with Crippen molar-refractivity contribution in [1.29, 1.82) is 0 Å². The van der Waals surface area contributed by atoms with E-state index in [1.807, 2.05) is 42.7 Å². The van der Waals surface area contributed by atoms with Gasteiger partial charge in [0.25, 0.3) is 0 Å². The van der Waals surface area contributed by atoms with Crippen LogP contribution >= 0.6 is 13.5 Å². The van der Waals surface area contributed by atoms with Gasteiger partial charge in [0.2, 0.25) is 0 Å². The summed E-state index contributed by atoms with van der Waals surface area (Å²) in [7, 11) is 0. The number of pyridine rings is 1. The van der Waals surface area contributed by atoms with Crippen LogP contribution in [0.4, 0.5) is 0 Å². The smallest absolute Gasteiger partial charge is 0.0267 e. The molecule has 2 heterocycles. The minimum absolute atomic E-state index is 0. The van der Waals surface area contributed by atoms with Crippen molar-refractivity contribution >= 4 is 13.5 Å². The molecule has 0 saturated carbocycles. The van der Waals surface area contributed by atoms with E-state index in [2.05, 4.69) is 9.97 Å². The van der Waals surface area contributed by atoms with Crippen molar-refractivity contribution in [2.24, 2.45) is 0 Å². The van der Waals surface area contributed by atoms with Gasteiger partial charge in [-0.2, -0.15) is 13.5 Å². The van der Waals surface area contributed by atoms with Gasteiger partial charge in [-0.05, 0) is 24.3 Å². The van der Waals surface area contributed by atoms with Gasteiger partial charge in [-0.15, -0.1) is 0 Å². The molecular weight excluding hydrogens is 182 g/mol. The van der Waals surface area contributed by atoms with Crippen LogP contribution in [-0.2, 0) is 0 Å². The van der Waals surface area contributed by atoms with E-state index in [4.69, 9.17) is 0 Å². The molecule has 0 aliphatic rings. The molecule has 4 N–H and O–H groups in total. The summed E-state index contributed by atoms with van der Waals surface area (Å²) in [6.45, 7) is 0. The molecule has 0 aliphatic heterocycles. The Morgan fingerprint density at radius 2 is 1.31 bits per heavy atom. The Hall–Kier alpha value is -1.26. The molecular formula is C9H15N3S. The molecule has 0 atom stereocenters. The van der Waals surface area contributed by atoms with Gasteiger partial charge in [0.15, 0.2) is 0 Å². The number of hydrogen-bond donors (Lipinski definition) is 2. The van der Waals surface area contributed by atoms with Crippen LogP contribution in [0.5, 0.6) is 0 Å². The normalized spacial score (nSPS) is 6.77. The van der Waals surface area contributed by atoms with E-state index in [1.165, 1.54) is 0 Å². The van der Waals surface area contributed by atoms with Crippen molar-refractivity contribution in [2.75, 3.05) is 0 Å². The Morgan fingerprint density at radius 1 is 0.769 bits per heavy atom. The average Bonchev–Trinajstić information content (AvgIpc) is 2.64. The molecule has 0 bridgehead atoms. The molecule has 0 spiro atoms. The third-order valence-electron chi connectivity index (χ3n) is 1.06. The van der Waals surface area contributed by atoms with Crippen LogP contribution in [0.1, 0.15) is 0 Å². The summed E-state index contributed by atoms with van der Waals surface area (Å²) in [5.74, 6) is 0. The van der Waals surface area contributed by atoms with Gasteiger partial charge in [0, 0.05) is 24.8 Å². The summed E-state index contributed by atoms with van der Waals surface area (Å²) in [6.07, 6.45) is 7.25. The number of hydrogen-bond acceptors (Lipinski definition) is 2. The zero-order chi connectivity index (χ0) is 7.78. The first-order valence-corrected chi connectivity index (χ1v) is 3.43. The monoisotopic (exact) mass is 197 g/mol. The predicted octanol–water partition coefficient (Wildman–Crippen LogP) is 2.37. The zero-order valence-corrected chi connectivity index (χ0v) is 8.35. The fourth-order valence-electron chi connectivity index (χ4n) is 0.590. The van der Waals surface area contributed by atoms with Gasteiger partial charge in [0.05, 0.1) is 0 Å². The number of aromatic amines is 1. The fourth-order valence-corrected chi connectivity index (χ4v) is 0.590. The summed E-state index contributed by atoms with van der Waals surface area (Å²) in [6, 6.07) is 9.60. The van der Waals surface area contributed by atoms with Crippen LogP contribution in [0.25, 0.3) is 0 Å². The topological polar surface area (TPSA) is 63.7 Å². The Bertz CT molecular complexity index is 201. The molecule has 0 saturated heterocycles. The minimum Gasteiger partial charge on any atom is -0.368 e. The summed E-state index contributed by atoms with van der Waals surface area (Å²) in [5, 5.41) is 0. The first-order chi connectivity index (χ1) is 5.50. The molecule has 4 heteroatoms. The Morgan fingerprint density at radius 3 is 1.46 bits per heavy atom. The van der Waals surface area contributed by atoms with Gasteiger partial charge in [0.1, 0.15) is 0 Å². The van der Waals surface area contributed by atoms with Crippen molar-refractivity contribution in [3.8, 4) is 0 Å². The number of nitrogens with one attached hydrogen (secondary N) is 1. The second-order valence-electron chi connectivity index (χ2n) is 1.91. The van der Waals surface area contributed by atoms with Crippen molar-refractivity contribution < 1.29 is 0 Å². The molecule has 2 aromatic heterocycles. The highest BCUT2D eigenvalue weighted by Crippen LogP contribution is 1.73. The van der Waals surface area contributed by atoms with Crippen LogP contribution < -0.4 is 6.15 Å². The number of aromatic nitrogens is 2. The number of nitrogens with zero attached hydrogens (tertiary/aromatic N) is 1. The molecule has 2 aromatic rings. The van der Waals surface area contributed by atoms with E-state index in [1.54, 1.807) is 12.4 Å². The van der Waals surface area contributed by atoms with Gasteiger partial charge >= 0.3 is 0 Å². The first-order valence-electron chi connectivity index (χ1n) is 3.43. The third-order valence-corrected chi connectivity index (χ3v) is 1.06. The second kappa shape index (κ2) is 10.7. The van der Waals surface area contributed by atoms with Gasteiger partial charge in [-0.25, -0.2) is 0 Å². The molecule has 0 aromatic carbocycles. The maximum absolute atomic E-state index is 3.78. The van der Waals surface area contributed by atoms with Crippen molar-refractivity contribution in [1.82, 2.24) is 16.1 Å². The third kappa shape index (κ3) is 8.65. The molecule has 0 aliphatic carbocycles. The lowest BCUT2D eigenvalue weighted by atomic mass is 10.5. The van der Waals surface area contributed by atoms with Gasteiger partial charge < -0.3 is 11.1 Å². The summed E-state index contributed by atoms with van der Waals surface area (Å²) >= 11 is 0. The highest BCUT2D eigenvalue weighted by atomic mass is 32.1. The van der Waals surface area contributed by atoms with Crippen LogP contribution in [0.3, 0.4) is 0 Å². The Balaban J connectivity index is 0. The maximum atomic E-state index is 3.78. The van der Waals surface area contributed by atoms with E-state index in [-0.39, 0.29) is 19.6 Å². The zero-order valence-electron chi connectivity index (χ0n) is 7.35. The molecule has 0 amide bonds. The summed E-state index contributed by atoms with van der Waals surface area (Å²) in [4.78, 5) is 6.65. The van der Waals surface area contributed by atoms with E-state index >= 15 is 0 Å². The van der Waals surface area contributed by atoms with Crippen molar-refractivity contribution in [3.63, 3.8) is 0 Å². The van der Waals surface area contributed by atoms with Crippen LogP contribution in [0.15, 0.2) is 55.1 Å². The second-order valence-corrected chi connectivity index (χ2v) is 1.91. The fraction of sp³-hybridized carbons (Fsp3) is 0. The summed E-state index contributed by atoms with van der Waals surface area (Å²) in [5.41, 5.74) is 0. The van der Waals surface area contributed by atoms with Crippen molar-refractivity contribution in [2.45, 2.75) is 0 Å². The molecule has 0 fully saturated rings. The van der Waals surface area contributed by atoms with Crippen molar-refractivity contribution in [3.05, 3.63) is 55.1 Å². The van der Waals surface area contributed by atoms with E-state index < -0.39 is 0 Å². The van der Waals surface area contributed by atoms with Crippen LogP contribution in [0, 0.1) is 0 Å². The van der Waals surface area contributed by atoms with Crippen LogP contribution in [0.2, 0.25) is 0 Å². The molecule has 3 nitrogen and oxygen atoms in total. The van der Waals surface area contributed by atoms with E-state index in [9.17, 15) is 0 Å². The average molecular weight is 197 g/mol. The largest absolute Gasteiger partial charge is 0.368 e. The highest BCUT2D eigenvalue weighted by molar-refractivity contribution is 7.59. The summed E-state index contributed by atoms with van der Waals surface area (Å²) < 4.78 is 0. The molecule has 2 rings (SSSR count). The van der Waals surface area contributed by atoms with Crippen LogP contribution in [-0.4, -0.2) is 9.97 Å².